The lowest BCUT2D eigenvalue weighted by molar-refractivity contribution is 0.00161. The molecule has 5 heteroatoms. The number of aliphatic hydroxyl groups excluding tert-OH is 4. The van der Waals surface area contributed by atoms with E-state index in [4.69, 9.17) is 0 Å². The maximum Gasteiger partial charge on any atom is 0.0667 e. The molecular formula is C41H85NO4. The van der Waals surface area contributed by atoms with E-state index >= 15 is 0 Å². The van der Waals surface area contributed by atoms with E-state index in [-0.39, 0.29) is 6.04 Å². The first-order valence-corrected chi connectivity index (χ1v) is 20.8. The van der Waals surface area contributed by atoms with Gasteiger partial charge in [-0.15, -0.1) is 0 Å². The van der Waals surface area contributed by atoms with Crippen LogP contribution in [0.4, 0.5) is 0 Å². The van der Waals surface area contributed by atoms with Crippen LogP contribution in [-0.2, 0) is 0 Å². The fourth-order valence-corrected chi connectivity index (χ4v) is 7.00. The Hall–Kier alpha value is -0.200. The van der Waals surface area contributed by atoms with Crippen molar-refractivity contribution in [2.24, 2.45) is 0 Å². The van der Waals surface area contributed by atoms with Gasteiger partial charge in [0.25, 0.3) is 0 Å². The minimum Gasteiger partial charge on any atom is -0.393 e. The second-order valence-electron chi connectivity index (χ2n) is 14.9. The third kappa shape index (κ3) is 29.9. The Labute approximate surface area is 288 Å². The largest absolute Gasteiger partial charge is 0.393 e. The number of rotatable bonds is 37. The van der Waals surface area contributed by atoms with E-state index in [0.29, 0.717) is 25.9 Å². The molecular weight excluding hydrogens is 570 g/mol. The van der Waals surface area contributed by atoms with Gasteiger partial charge >= 0.3 is 0 Å². The van der Waals surface area contributed by atoms with Crippen LogP contribution in [0.1, 0.15) is 220 Å². The minimum absolute atomic E-state index is 0.0383. The third-order valence-electron chi connectivity index (χ3n) is 10.1. The molecule has 4 N–H and O–H groups in total. The summed E-state index contributed by atoms with van der Waals surface area (Å²) in [7, 11) is 0. The van der Waals surface area contributed by atoms with Gasteiger partial charge in [-0.05, 0) is 38.5 Å². The fourth-order valence-electron chi connectivity index (χ4n) is 7.00. The zero-order valence-corrected chi connectivity index (χ0v) is 31.8. The molecule has 0 spiro atoms. The zero-order chi connectivity index (χ0) is 34.1. The van der Waals surface area contributed by atoms with Crippen LogP contribution in [0.15, 0.2) is 0 Å². The first-order valence-electron chi connectivity index (χ1n) is 20.8. The van der Waals surface area contributed by atoms with Crippen LogP contribution in [0.25, 0.3) is 0 Å². The molecule has 0 aliphatic carbocycles. The lowest BCUT2D eigenvalue weighted by Crippen LogP contribution is -2.47. The molecule has 46 heavy (non-hydrogen) atoms. The fraction of sp³-hybridized carbons (Fsp3) is 1.00. The quantitative estimate of drug-likeness (QED) is 0.0501. The molecule has 0 fully saturated rings. The van der Waals surface area contributed by atoms with Crippen molar-refractivity contribution in [3.63, 3.8) is 0 Å². The third-order valence-corrected chi connectivity index (χ3v) is 10.1. The second-order valence-corrected chi connectivity index (χ2v) is 14.9. The van der Waals surface area contributed by atoms with E-state index in [0.717, 1.165) is 64.2 Å². The average molecular weight is 656 g/mol. The number of hydrogen-bond acceptors (Lipinski definition) is 5. The Morgan fingerprint density at radius 2 is 0.565 bits per heavy atom. The summed E-state index contributed by atoms with van der Waals surface area (Å²) in [5.74, 6) is 0. The van der Waals surface area contributed by atoms with Crippen molar-refractivity contribution in [2.75, 3.05) is 13.1 Å². The van der Waals surface area contributed by atoms with Gasteiger partial charge in [0.05, 0.1) is 24.4 Å². The van der Waals surface area contributed by atoms with E-state index in [2.05, 4.69) is 32.6 Å². The van der Waals surface area contributed by atoms with Crippen molar-refractivity contribution in [1.29, 1.82) is 0 Å². The van der Waals surface area contributed by atoms with Crippen LogP contribution in [0.2, 0.25) is 0 Å². The highest BCUT2D eigenvalue weighted by Gasteiger charge is 2.28. The van der Waals surface area contributed by atoms with Crippen LogP contribution in [-0.4, -0.2) is 68.9 Å². The van der Waals surface area contributed by atoms with Gasteiger partial charge in [0.15, 0.2) is 0 Å². The van der Waals surface area contributed by atoms with E-state index < -0.39 is 24.4 Å². The van der Waals surface area contributed by atoms with Crippen molar-refractivity contribution >= 4 is 0 Å². The molecule has 5 nitrogen and oxygen atoms in total. The van der Waals surface area contributed by atoms with Gasteiger partial charge in [-0.3, -0.25) is 4.90 Å². The van der Waals surface area contributed by atoms with Gasteiger partial charge < -0.3 is 20.4 Å². The van der Waals surface area contributed by atoms with Crippen molar-refractivity contribution < 1.29 is 20.4 Å². The molecule has 0 aliphatic heterocycles. The number of hydrogen-bond donors (Lipinski definition) is 4. The SMILES string of the molecule is CCCCCCCCC(O)CC(CC(O)CCCCCCCC)N(CC(O)CCCCCCCC)CC(O)CCCCCCCC. The Morgan fingerprint density at radius 1 is 0.326 bits per heavy atom. The molecule has 0 radical (unpaired) electrons. The van der Waals surface area contributed by atoms with Crippen LogP contribution in [0.5, 0.6) is 0 Å². The number of nitrogens with zero attached hydrogens (tertiary/aromatic N) is 1. The van der Waals surface area contributed by atoms with Crippen LogP contribution in [0, 0.1) is 0 Å². The highest BCUT2D eigenvalue weighted by molar-refractivity contribution is 4.82. The first-order chi connectivity index (χ1) is 22.4. The summed E-state index contributed by atoms with van der Waals surface area (Å²) >= 11 is 0. The summed E-state index contributed by atoms with van der Waals surface area (Å²) in [6.07, 6.45) is 31.7. The molecule has 0 saturated carbocycles. The normalized spacial score (nSPS) is 15.3. The van der Waals surface area contributed by atoms with Gasteiger partial charge in [0.2, 0.25) is 0 Å². The smallest absolute Gasteiger partial charge is 0.0667 e. The second kappa shape index (κ2) is 34.7. The maximum atomic E-state index is 11.2. The molecule has 0 aromatic rings. The van der Waals surface area contributed by atoms with E-state index in [1.807, 2.05) is 0 Å². The summed E-state index contributed by atoms with van der Waals surface area (Å²) in [4.78, 5) is 2.26. The van der Waals surface area contributed by atoms with Crippen molar-refractivity contribution in [3.8, 4) is 0 Å². The zero-order valence-electron chi connectivity index (χ0n) is 31.8. The summed E-state index contributed by atoms with van der Waals surface area (Å²) in [6, 6.07) is -0.0383. The van der Waals surface area contributed by atoms with Crippen LogP contribution >= 0.6 is 0 Å². The summed E-state index contributed by atoms with van der Waals surface area (Å²) in [6.45, 7) is 9.99. The number of unbranched alkanes of at least 4 members (excludes halogenated alkanes) is 20. The molecule has 0 heterocycles. The average Bonchev–Trinajstić information content (AvgIpc) is 3.03. The first kappa shape index (κ1) is 45.8. The van der Waals surface area contributed by atoms with Crippen LogP contribution < -0.4 is 0 Å². The molecule has 4 atom stereocenters. The lowest BCUT2D eigenvalue weighted by atomic mass is 9.94. The summed E-state index contributed by atoms with van der Waals surface area (Å²) in [5, 5.41) is 44.8. The van der Waals surface area contributed by atoms with Gasteiger partial charge in [0.1, 0.15) is 0 Å². The molecule has 0 aliphatic rings. The molecule has 0 rings (SSSR count). The van der Waals surface area contributed by atoms with Crippen molar-refractivity contribution in [2.45, 2.75) is 251 Å². The highest BCUT2D eigenvalue weighted by atomic mass is 16.3. The van der Waals surface area contributed by atoms with E-state index in [9.17, 15) is 20.4 Å². The predicted octanol–water partition coefficient (Wildman–Crippen LogP) is 10.9. The van der Waals surface area contributed by atoms with E-state index in [1.165, 1.54) is 116 Å². The molecule has 0 aromatic heterocycles. The monoisotopic (exact) mass is 656 g/mol. The Balaban J connectivity index is 5.40. The maximum absolute atomic E-state index is 11.2. The standard InChI is InChI=1S/C41H85NO4/c1-5-9-13-17-21-25-29-38(43)33-37(34-39(44)30-26-22-18-14-10-6-2)42(35-40(45)31-27-23-19-15-11-7-3)36-41(46)32-28-24-20-16-12-8-4/h37-41,43-46H,5-36H2,1-4H3. The Bertz CT molecular complexity index is 493. The molecule has 0 bridgehead atoms. The summed E-state index contributed by atoms with van der Waals surface area (Å²) in [5.41, 5.74) is 0. The molecule has 4 unspecified atom stereocenters. The molecule has 0 amide bonds. The highest BCUT2D eigenvalue weighted by Crippen LogP contribution is 2.23. The van der Waals surface area contributed by atoms with Crippen molar-refractivity contribution in [3.05, 3.63) is 0 Å². The minimum atomic E-state index is -0.443. The molecule has 0 saturated heterocycles. The van der Waals surface area contributed by atoms with Gasteiger partial charge in [-0.1, -0.05) is 182 Å². The Morgan fingerprint density at radius 3 is 0.848 bits per heavy atom. The van der Waals surface area contributed by atoms with Crippen LogP contribution in [0.3, 0.4) is 0 Å². The lowest BCUT2D eigenvalue weighted by Gasteiger charge is -2.37. The van der Waals surface area contributed by atoms with Crippen molar-refractivity contribution in [1.82, 2.24) is 4.90 Å². The number of aliphatic hydroxyl groups is 4. The van der Waals surface area contributed by atoms with E-state index in [1.54, 1.807) is 0 Å². The van der Waals surface area contributed by atoms with Gasteiger partial charge in [-0.2, -0.15) is 0 Å². The summed E-state index contributed by atoms with van der Waals surface area (Å²) < 4.78 is 0. The van der Waals surface area contributed by atoms with Gasteiger partial charge in [-0.25, -0.2) is 0 Å². The molecule has 0 aromatic carbocycles. The van der Waals surface area contributed by atoms with Gasteiger partial charge in [0, 0.05) is 19.1 Å². The topological polar surface area (TPSA) is 84.2 Å². The molecule has 278 valence electrons. The Kier molecular flexibility index (Phi) is 34.5. The predicted molar refractivity (Wildman–Crippen MR) is 201 cm³/mol.